The van der Waals surface area contributed by atoms with Gasteiger partial charge in [0.15, 0.2) is 0 Å². The van der Waals surface area contributed by atoms with E-state index in [0.29, 0.717) is 11.8 Å². The maximum Gasteiger partial charge on any atom is 0.246 e. The molecule has 1 aromatic rings. The lowest BCUT2D eigenvalue weighted by Gasteiger charge is -2.09. The van der Waals surface area contributed by atoms with E-state index in [1.54, 1.807) is 13.2 Å². The van der Waals surface area contributed by atoms with Gasteiger partial charge in [-0.15, -0.1) is 10.2 Å². The van der Waals surface area contributed by atoms with Crippen molar-refractivity contribution in [3.05, 3.63) is 18.0 Å². The van der Waals surface area contributed by atoms with Gasteiger partial charge in [-0.25, -0.2) is 0 Å². The summed E-state index contributed by atoms with van der Waals surface area (Å²) in [5.41, 5.74) is 1.00. The largest absolute Gasteiger partial charge is 0.501 e. The van der Waals surface area contributed by atoms with Crippen LogP contribution in [0.25, 0.3) is 5.57 Å². The molecule has 64 valence electrons. The minimum atomic E-state index is 0.590. The highest BCUT2D eigenvalue weighted by Crippen LogP contribution is 2.21. The zero-order valence-corrected chi connectivity index (χ0v) is 6.91. The second-order valence-corrected chi connectivity index (χ2v) is 2.74. The molecule has 0 aromatic carbocycles. The van der Waals surface area contributed by atoms with Gasteiger partial charge in [-0.1, -0.05) is 0 Å². The van der Waals surface area contributed by atoms with Gasteiger partial charge in [0.2, 0.25) is 11.8 Å². The standard InChI is InChI=1S/C8H10N2O2/c1-6-9-10-8(12-6)7-3-2-4-11-5-7/h5H,2-4H2,1H3. The first-order chi connectivity index (χ1) is 5.86. The third-order valence-corrected chi connectivity index (χ3v) is 1.73. The predicted octanol–water partition coefficient (Wildman–Crippen LogP) is 1.53. The fraction of sp³-hybridized carbons (Fsp3) is 0.500. The fourth-order valence-electron chi connectivity index (χ4n) is 1.15. The van der Waals surface area contributed by atoms with Crippen molar-refractivity contribution in [1.82, 2.24) is 10.2 Å². The Bertz CT molecular complexity index is 304. The van der Waals surface area contributed by atoms with Crippen molar-refractivity contribution in [2.24, 2.45) is 0 Å². The SMILES string of the molecule is Cc1nnc(C2=COCCC2)o1. The van der Waals surface area contributed by atoms with Crippen LogP contribution in [0.4, 0.5) is 0 Å². The van der Waals surface area contributed by atoms with E-state index >= 15 is 0 Å². The van der Waals surface area contributed by atoms with Gasteiger partial charge in [0.05, 0.1) is 18.4 Å². The molecule has 0 amide bonds. The summed E-state index contributed by atoms with van der Waals surface area (Å²) in [5, 5.41) is 7.65. The quantitative estimate of drug-likeness (QED) is 0.634. The monoisotopic (exact) mass is 166 g/mol. The molecule has 0 bridgehead atoms. The lowest BCUT2D eigenvalue weighted by Crippen LogP contribution is -1.98. The van der Waals surface area contributed by atoms with Crippen molar-refractivity contribution in [3.63, 3.8) is 0 Å². The van der Waals surface area contributed by atoms with E-state index in [4.69, 9.17) is 9.15 Å². The van der Waals surface area contributed by atoms with Gasteiger partial charge in [0.1, 0.15) is 0 Å². The van der Waals surface area contributed by atoms with Crippen LogP contribution in [-0.2, 0) is 4.74 Å². The second kappa shape index (κ2) is 2.97. The summed E-state index contributed by atoms with van der Waals surface area (Å²) in [6.45, 7) is 2.57. The lowest BCUT2D eigenvalue weighted by atomic mass is 10.1. The van der Waals surface area contributed by atoms with Gasteiger partial charge in [-0.3, -0.25) is 0 Å². The maximum atomic E-state index is 5.25. The molecule has 0 unspecified atom stereocenters. The molecule has 0 N–H and O–H groups in total. The van der Waals surface area contributed by atoms with E-state index in [1.165, 1.54) is 0 Å². The van der Waals surface area contributed by atoms with E-state index in [0.717, 1.165) is 25.0 Å². The Labute approximate surface area is 70.2 Å². The Morgan fingerprint density at radius 2 is 2.33 bits per heavy atom. The number of aromatic nitrogens is 2. The van der Waals surface area contributed by atoms with Crippen LogP contribution in [0.5, 0.6) is 0 Å². The van der Waals surface area contributed by atoms with Crippen molar-refractivity contribution in [3.8, 4) is 0 Å². The van der Waals surface area contributed by atoms with Crippen molar-refractivity contribution in [2.45, 2.75) is 19.8 Å². The summed E-state index contributed by atoms with van der Waals surface area (Å²) in [7, 11) is 0. The number of ether oxygens (including phenoxy) is 1. The van der Waals surface area contributed by atoms with E-state index < -0.39 is 0 Å². The third kappa shape index (κ3) is 1.32. The van der Waals surface area contributed by atoms with E-state index in [-0.39, 0.29) is 0 Å². The Kier molecular flexibility index (Phi) is 1.81. The first-order valence-electron chi connectivity index (χ1n) is 3.97. The number of hydrogen-bond donors (Lipinski definition) is 0. The van der Waals surface area contributed by atoms with Crippen LogP contribution < -0.4 is 0 Å². The van der Waals surface area contributed by atoms with Crippen molar-refractivity contribution in [2.75, 3.05) is 6.61 Å². The summed E-state index contributed by atoms with van der Waals surface area (Å²) in [6.07, 6.45) is 3.69. The minimum absolute atomic E-state index is 0.590. The second-order valence-electron chi connectivity index (χ2n) is 2.74. The van der Waals surface area contributed by atoms with Crippen molar-refractivity contribution in [1.29, 1.82) is 0 Å². The number of aryl methyl sites for hydroxylation is 1. The zero-order valence-electron chi connectivity index (χ0n) is 6.91. The van der Waals surface area contributed by atoms with Crippen LogP contribution in [-0.4, -0.2) is 16.8 Å². The molecule has 0 spiro atoms. The average molecular weight is 166 g/mol. The van der Waals surface area contributed by atoms with E-state index in [1.807, 2.05) is 0 Å². The highest BCUT2D eigenvalue weighted by Gasteiger charge is 2.12. The molecule has 1 aliphatic rings. The average Bonchev–Trinajstić information content (AvgIpc) is 2.54. The number of allylic oxidation sites excluding steroid dienone is 1. The summed E-state index contributed by atoms with van der Waals surface area (Å²) in [5.74, 6) is 1.18. The molecular weight excluding hydrogens is 156 g/mol. The molecule has 2 heterocycles. The van der Waals surface area contributed by atoms with Gasteiger partial charge >= 0.3 is 0 Å². The number of nitrogens with zero attached hydrogens (tertiary/aromatic N) is 2. The van der Waals surface area contributed by atoms with Gasteiger partial charge in [0.25, 0.3) is 0 Å². The van der Waals surface area contributed by atoms with Crippen LogP contribution in [0.1, 0.15) is 24.6 Å². The Morgan fingerprint density at radius 1 is 1.42 bits per heavy atom. The molecule has 0 saturated heterocycles. The molecule has 12 heavy (non-hydrogen) atoms. The highest BCUT2D eigenvalue weighted by molar-refractivity contribution is 5.57. The molecule has 2 rings (SSSR count). The summed E-state index contributed by atoms with van der Waals surface area (Å²) >= 11 is 0. The molecule has 4 nitrogen and oxygen atoms in total. The van der Waals surface area contributed by atoms with Crippen molar-refractivity contribution < 1.29 is 9.15 Å². The topological polar surface area (TPSA) is 48.2 Å². The Balaban J connectivity index is 2.23. The van der Waals surface area contributed by atoms with Gasteiger partial charge in [0, 0.05) is 6.92 Å². The first kappa shape index (κ1) is 7.34. The number of hydrogen-bond acceptors (Lipinski definition) is 4. The molecular formula is C8H10N2O2. The molecule has 0 fully saturated rings. The van der Waals surface area contributed by atoms with Crippen LogP contribution in [0, 0.1) is 6.92 Å². The molecule has 0 saturated carbocycles. The molecule has 1 aliphatic heterocycles. The summed E-state index contributed by atoms with van der Waals surface area (Å²) in [4.78, 5) is 0. The molecule has 1 aromatic heterocycles. The van der Waals surface area contributed by atoms with Crippen LogP contribution in [0.2, 0.25) is 0 Å². The van der Waals surface area contributed by atoms with Gasteiger partial charge in [-0.05, 0) is 12.8 Å². The van der Waals surface area contributed by atoms with Gasteiger partial charge in [-0.2, -0.15) is 0 Å². The third-order valence-electron chi connectivity index (χ3n) is 1.73. The first-order valence-corrected chi connectivity index (χ1v) is 3.97. The number of rotatable bonds is 1. The molecule has 0 atom stereocenters. The van der Waals surface area contributed by atoms with Crippen LogP contribution in [0.15, 0.2) is 10.7 Å². The Morgan fingerprint density at radius 3 is 2.92 bits per heavy atom. The van der Waals surface area contributed by atoms with Crippen LogP contribution in [0.3, 0.4) is 0 Å². The molecule has 0 radical (unpaired) electrons. The summed E-state index contributed by atoms with van der Waals surface area (Å²) in [6, 6.07) is 0. The summed E-state index contributed by atoms with van der Waals surface area (Å²) < 4.78 is 10.4. The van der Waals surface area contributed by atoms with Crippen LogP contribution >= 0.6 is 0 Å². The normalized spacial score (nSPS) is 16.9. The fourth-order valence-corrected chi connectivity index (χ4v) is 1.15. The van der Waals surface area contributed by atoms with Gasteiger partial charge < -0.3 is 9.15 Å². The smallest absolute Gasteiger partial charge is 0.246 e. The van der Waals surface area contributed by atoms with Crippen molar-refractivity contribution >= 4 is 5.57 Å². The zero-order chi connectivity index (χ0) is 8.39. The predicted molar refractivity (Wildman–Crippen MR) is 42.2 cm³/mol. The minimum Gasteiger partial charge on any atom is -0.501 e. The van der Waals surface area contributed by atoms with E-state index in [9.17, 15) is 0 Å². The molecule has 0 aliphatic carbocycles. The highest BCUT2D eigenvalue weighted by atomic mass is 16.5. The Hall–Kier alpha value is -1.32. The molecule has 4 heteroatoms. The maximum absolute atomic E-state index is 5.25. The van der Waals surface area contributed by atoms with E-state index in [2.05, 4.69) is 10.2 Å². The lowest BCUT2D eigenvalue weighted by molar-refractivity contribution is 0.233.